The number of hydrogen-bond acceptors (Lipinski definition) is 7. The summed E-state index contributed by atoms with van der Waals surface area (Å²) in [5.74, 6) is -0.346. The van der Waals surface area contributed by atoms with Gasteiger partial charge in [0.15, 0.2) is 10.5 Å². The fourth-order valence-corrected chi connectivity index (χ4v) is 5.70. The fraction of sp³-hybridized carbons (Fsp3) is 0.267. The highest BCUT2D eigenvalue weighted by Gasteiger charge is 2.22. The number of aromatic carboxylic acids is 1. The van der Waals surface area contributed by atoms with E-state index < -0.39 is 15.9 Å². The molecule has 0 aromatic heterocycles. The standard InChI is InChI=1S/C30H34N4O7S2/c1-43(2,40)14-4-13-32-29(39)31-11-3-12-33-30(42)34-18-5-8-21(24(15-18)28(37)38)27-22-9-6-19(35)16-25(22)41-26-17-20(36)7-10-23(26)27/h5-10,15-17,35,43H,3-4,11-14H2,1-2H3,(H,37,38)(H2,31,32,39)(H2,33,34,42). The highest BCUT2D eigenvalue weighted by Crippen LogP contribution is 2.42. The molecule has 2 amide bonds. The Balaban J connectivity index is 1.41. The zero-order chi connectivity index (χ0) is 31.1. The number of carboxylic acid groups (broad SMARTS) is 1. The molecule has 0 saturated carbocycles. The molecule has 2 aromatic rings. The zero-order valence-corrected chi connectivity index (χ0v) is 25.4. The van der Waals surface area contributed by atoms with Gasteiger partial charge in [0.25, 0.3) is 0 Å². The number of hydrogen-bond donors (Lipinski definition) is 7. The smallest absolute Gasteiger partial charge is 0.336 e. The van der Waals surface area contributed by atoms with Gasteiger partial charge in [0.1, 0.15) is 17.1 Å². The molecule has 0 radical (unpaired) electrons. The molecular formula is C30H34N4O7S2. The van der Waals surface area contributed by atoms with Crippen molar-refractivity contribution in [2.24, 2.45) is 0 Å². The molecule has 0 spiro atoms. The van der Waals surface area contributed by atoms with Crippen LogP contribution in [0.3, 0.4) is 0 Å². The van der Waals surface area contributed by atoms with Crippen molar-refractivity contribution < 1.29 is 28.4 Å². The van der Waals surface area contributed by atoms with Crippen LogP contribution in [0.1, 0.15) is 23.2 Å². The Labute approximate surface area is 254 Å². The van der Waals surface area contributed by atoms with E-state index in [-0.39, 0.29) is 33.6 Å². The Morgan fingerprint density at radius 2 is 1.60 bits per heavy atom. The summed E-state index contributed by atoms with van der Waals surface area (Å²) in [6.45, 7) is 1.33. The van der Waals surface area contributed by atoms with Crippen LogP contribution in [0.5, 0.6) is 5.75 Å². The minimum Gasteiger partial charge on any atom is -0.508 e. The lowest BCUT2D eigenvalue weighted by Gasteiger charge is -2.18. The number of benzene rings is 3. The van der Waals surface area contributed by atoms with Crippen molar-refractivity contribution in [2.45, 2.75) is 12.8 Å². The summed E-state index contributed by atoms with van der Waals surface area (Å²) in [6, 6.07) is 13.4. The van der Waals surface area contributed by atoms with Crippen molar-refractivity contribution in [3.8, 4) is 28.2 Å². The third-order valence-electron chi connectivity index (χ3n) is 6.54. The number of thiocarbonyl (C=S) groups is 1. The number of carboxylic acids is 1. The summed E-state index contributed by atoms with van der Waals surface area (Å²) < 4.78 is 17.6. The topological polar surface area (TPSA) is 170 Å². The Kier molecular flexibility index (Phi) is 9.99. The maximum atomic E-state index is 12.4. The van der Waals surface area contributed by atoms with Gasteiger partial charge >= 0.3 is 12.0 Å². The molecule has 1 aliphatic heterocycles. The van der Waals surface area contributed by atoms with Crippen LogP contribution in [0.2, 0.25) is 0 Å². The van der Waals surface area contributed by atoms with E-state index in [2.05, 4.69) is 21.3 Å². The summed E-state index contributed by atoms with van der Waals surface area (Å²) in [7, 11) is -2.08. The molecule has 6 N–H and O–H groups in total. The van der Waals surface area contributed by atoms with Crippen LogP contribution >= 0.6 is 12.2 Å². The van der Waals surface area contributed by atoms with Gasteiger partial charge in [-0.15, -0.1) is 9.93 Å². The molecule has 11 nitrogen and oxygen atoms in total. The first-order chi connectivity index (χ1) is 20.4. The number of amides is 2. The average molecular weight is 627 g/mol. The molecule has 0 saturated heterocycles. The number of rotatable bonds is 11. The van der Waals surface area contributed by atoms with E-state index in [1.807, 2.05) is 0 Å². The molecule has 0 bridgehead atoms. The van der Waals surface area contributed by atoms with Gasteiger partial charge in [-0.1, -0.05) is 6.07 Å². The summed E-state index contributed by atoms with van der Waals surface area (Å²) in [5, 5.41) is 32.5. The van der Waals surface area contributed by atoms with Crippen LogP contribution < -0.4 is 26.7 Å². The van der Waals surface area contributed by atoms with Gasteiger partial charge in [-0.2, -0.15) is 0 Å². The normalized spacial score (nSPS) is 11.7. The van der Waals surface area contributed by atoms with Crippen molar-refractivity contribution in [3.05, 3.63) is 70.4 Å². The number of urea groups is 1. The molecule has 1 heterocycles. The Bertz CT molecular complexity index is 1750. The van der Waals surface area contributed by atoms with Crippen molar-refractivity contribution >= 4 is 55.9 Å². The van der Waals surface area contributed by atoms with Gasteiger partial charge < -0.3 is 35.9 Å². The predicted octanol–water partition coefficient (Wildman–Crippen LogP) is 3.61. The summed E-state index contributed by atoms with van der Waals surface area (Å²) in [6.07, 6.45) is 4.70. The zero-order valence-electron chi connectivity index (χ0n) is 23.7. The van der Waals surface area contributed by atoms with Gasteiger partial charge in [-0.3, -0.25) is 9.00 Å². The van der Waals surface area contributed by atoms with Crippen molar-refractivity contribution in [2.75, 3.05) is 43.2 Å². The quantitative estimate of drug-likeness (QED) is 0.0565. The van der Waals surface area contributed by atoms with E-state index in [4.69, 9.17) is 16.6 Å². The number of carbonyl (C=O) groups is 2. The average Bonchev–Trinajstić information content (AvgIpc) is 2.93. The molecule has 0 fully saturated rings. The fourth-order valence-electron chi connectivity index (χ4n) is 4.56. The number of nitrogens with one attached hydrogen (secondary N) is 4. The van der Waals surface area contributed by atoms with E-state index in [1.54, 1.807) is 36.8 Å². The van der Waals surface area contributed by atoms with E-state index in [1.165, 1.54) is 30.3 Å². The molecular weight excluding hydrogens is 592 g/mol. The number of fused-ring (bicyclic) bond motifs is 2. The van der Waals surface area contributed by atoms with E-state index in [0.717, 1.165) is 0 Å². The number of anilines is 1. The van der Waals surface area contributed by atoms with Gasteiger partial charge in [-0.05, 0) is 79.5 Å². The Morgan fingerprint density at radius 1 is 0.907 bits per heavy atom. The van der Waals surface area contributed by atoms with Crippen molar-refractivity contribution in [1.29, 1.82) is 0 Å². The van der Waals surface area contributed by atoms with Gasteiger partial charge in [0.05, 0.1) is 5.56 Å². The van der Waals surface area contributed by atoms with E-state index >= 15 is 0 Å². The summed E-state index contributed by atoms with van der Waals surface area (Å²) in [4.78, 5) is 36.3. The third kappa shape index (κ3) is 8.52. The first-order valence-corrected chi connectivity index (χ1v) is 16.8. The summed E-state index contributed by atoms with van der Waals surface area (Å²) in [5.41, 5.74) is 1.98. The molecule has 228 valence electrons. The van der Waals surface area contributed by atoms with E-state index in [9.17, 15) is 28.8 Å². The number of thiol groups is 1. The van der Waals surface area contributed by atoms with Gasteiger partial charge in [0.2, 0.25) is 0 Å². The largest absolute Gasteiger partial charge is 0.508 e. The van der Waals surface area contributed by atoms with E-state index in [0.29, 0.717) is 71.6 Å². The van der Waals surface area contributed by atoms with Crippen LogP contribution in [0.4, 0.5) is 10.5 Å². The number of phenols is 1. The minimum absolute atomic E-state index is 0.00298. The number of carbonyl (C=O) groups excluding carboxylic acids is 1. The molecule has 0 unspecified atom stereocenters. The summed E-state index contributed by atoms with van der Waals surface area (Å²) >= 11 is 5.37. The maximum Gasteiger partial charge on any atom is 0.336 e. The highest BCUT2D eigenvalue weighted by atomic mass is 32.2. The monoisotopic (exact) mass is 626 g/mol. The van der Waals surface area contributed by atoms with Crippen molar-refractivity contribution in [1.82, 2.24) is 16.0 Å². The SMILES string of the molecule is C[SH](C)(=O)CCCNC(=O)NCCCNC(=S)Nc1ccc(-c2c3ccc(=O)cc-3oc3cc(O)ccc23)c(C(=O)O)c1. The first kappa shape index (κ1) is 31.4. The van der Waals surface area contributed by atoms with Crippen LogP contribution in [-0.2, 0) is 9.93 Å². The minimum atomic E-state index is -2.08. The van der Waals surface area contributed by atoms with Crippen molar-refractivity contribution in [3.63, 3.8) is 0 Å². The molecule has 13 heteroatoms. The van der Waals surface area contributed by atoms with Crippen LogP contribution in [-0.4, -0.2) is 69.4 Å². The Morgan fingerprint density at radius 3 is 2.33 bits per heavy atom. The van der Waals surface area contributed by atoms with Crippen LogP contribution in [0.25, 0.3) is 33.4 Å². The maximum absolute atomic E-state index is 12.4. The van der Waals surface area contributed by atoms with Crippen LogP contribution in [0.15, 0.2) is 63.8 Å². The second kappa shape index (κ2) is 13.7. The lowest BCUT2D eigenvalue weighted by Crippen LogP contribution is -2.38. The second-order valence-corrected chi connectivity index (χ2v) is 14.5. The predicted molar refractivity (Wildman–Crippen MR) is 174 cm³/mol. The van der Waals surface area contributed by atoms with Gasteiger partial charge in [0, 0.05) is 59.7 Å². The molecule has 2 aromatic carbocycles. The Hall–Kier alpha value is -4.49. The number of phenolic OH excluding ortho intramolecular Hbond substituents is 1. The molecule has 2 aliphatic rings. The lowest BCUT2D eigenvalue weighted by atomic mass is 9.90. The molecule has 4 rings (SSSR count). The molecule has 1 aliphatic carbocycles. The highest BCUT2D eigenvalue weighted by molar-refractivity contribution is 8.01. The van der Waals surface area contributed by atoms with Crippen LogP contribution in [0, 0.1) is 0 Å². The molecule has 43 heavy (non-hydrogen) atoms. The van der Waals surface area contributed by atoms with Gasteiger partial charge in [-0.25, -0.2) is 9.59 Å². The molecule has 0 atom stereocenters. The second-order valence-electron chi connectivity index (χ2n) is 10.4. The first-order valence-electron chi connectivity index (χ1n) is 13.6. The lowest BCUT2D eigenvalue weighted by molar-refractivity contribution is 0.0697. The third-order valence-corrected chi connectivity index (χ3v) is 8.18. The number of aromatic hydroxyl groups is 1.